The van der Waals surface area contributed by atoms with Crippen molar-refractivity contribution >= 4 is 5.91 Å². The standard InChI is InChI=1S/C8H16N2O/c1-6(2)7(11)10(9)8(3,4)5/h1,9H2,2-5H3. The molecule has 0 aromatic carbocycles. The zero-order valence-electron chi connectivity index (χ0n) is 7.64. The summed E-state index contributed by atoms with van der Waals surface area (Å²) in [7, 11) is 0. The third-order valence-corrected chi connectivity index (χ3v) is 1.31. The molecule has 0 fully saturated rings. The van der Waals surface area contributed by atoms with Gasteiger partial charge in [0.1, 0.15) is 0 Å². The topological polar surface area (TPSA) is 46.3 Å². The predicted molar refractivity (Wildman–Crippen MR) is 45.6 cm³/mol. The lowest BCUT2D eigenvalue weighted by molar-refractivity contribution is -0.132. The first-order chi connectivity index (χ1) is 4.76. The van der Waals surface area contributed by atoms with Crippen LogP contribution in [0.5, 0.6) is 0 Å². The molecule has 0 bridgehead atoms. The Morgan fingerprint density at radius 2 is 1.82 bits per heavy atom. The molecule has 3 nitrogen and oxygen atoms in total. The van der Waals surface area contributed by atoms with Crippen molar-refractivity contribution in [2.75, 3.05) is 0 Å². The monoisotopic (exact) mass is 156 g/mol. The van der Waals surface area contributed by atoms with E-state index in [1.807, 2.05) is 20.8 Å². The fourth-order valence-electron chi connectivity index (χ4n) is 0.510. The molecule has 0 aliphatic carbocycles. The van der Waals surface area contributed by atoms with E-state index in [9.17, 15) is 4.79 Å². The highest BCUT2D eigenvalue weighted by Crippen LogP contribution is 2.10. The molecule has 0 aliphatic heterocycles. The second-order valence-corrected chi connectivity index (χ2v) is 3.63. The number of nitrogens with zero attached hydrogens (tertiary/aromatic N) is 1. The Morgan fingerprint density at radius 1 is 1.45 bits per heavy atom. The highest BCUT2D eigenvalue weighted by molar-refractivity contribution is 5.92. The van der Waals surface area contributed by atoms with Crippen LogP contribution in [0, 0.1) is 0 Å². The van der Waals surface area contributed by atoms with Crippen molar-refractivity contribution in [3.8, 4) is 0 Å². The molecule has 0 radical (unpaired) electrons. The zero-order chi connectivity index (χ0) is 9.23. The number of hydrogen-bond acceptors (Lipinski definition) is 2. The molecule has 2 N–H and O–H groups in total. The number of carbonyl (C=O) groups excluding carboxylic acids is 1. The molecule has 0 aliphatic rings. The first-order valence-electron chi connectivity index (χ1n) is 3.51. The summed E-state index contributed by atoms with van der Waals surface area (Å²) < 4.78 is 0. The van der Waals surface area contributed by atoms with E-state index in [1.54, 1.807) is 6.92 Å². The van der Waals surface area contributed by atoms with Crippen molar-refractivity contribution < 1.29 is 4.79 Å². The van der Waals surface area contributed by atoms with E-state index < -0.39 is 0 Å². The summed E-state index contributed by atoms with van der Waals surface area (Å²) in [6, 6.07) is 0. The van der Waals surface area contributed by atoms with Gasteiger partial charge in [-0.2, -0.15) is 0 Å². The molecular formula is C8H16N2O. The minimum Gasteiger partial charge on any atom is -0.272 e. The summed E-state index contributed by atoms with van der Waals surface area (Å²) in [5.74, 6) is 5.31. The maximum Gasteiger partial charge on any atom is 0.263 e. The van der Waals surface area contributed by atoms with Crippen LogP contribution in [0.4, 0.5) is 0 Å². The Labute approximate surface area is 67.8 Å². The molecule has 0 unspecified atom stereocenters. The summed E-state index contributed by atoms with van der Waals surface area (Å²) >= 11 is 0. The van der Waals surface area contributed by atoms with Crippen LogP contribution >= 0.6 is 0 Å². The van der Waals surface area contributed by atoms with E-state index in [4.69, 9.17) is 5.84 Å². The maximum absolute atomic E-state index is 11.2. The quantitative estimate of drug-likeness (QED) is 0.267. The van der Waals surface area contributed by atoms with E-state index in [2.05, 4.69) is 6.58 Å². The smallest absolute Gasteiger partial charge is 0.263 e. The molecule has 0 heterocycles. The van der Waals surface area contributed by atoms with Gasteiger partial charge in [-0.15, -0.1) is 0 Å². The van der Waals surface area contributed by atoms with Crippen LogP contribution in [0.25, 0.3) is 0 Å². The molecule has 11 heavy (non-hydrogen) atoms. The van der Waals surface area contributed by atoms with Crippen LogP contribution in [0.2, 0.25) is 0 Å². The van der Waals surface area contributed by atoms with E-state index in [0.717, 1.165) is 0 Å². The Morgan fingerprint density at radius 3 is 1.91 bits per heavy atom. The largest absolute Gasteiger partial charge is 0.272 e. The van der Waals surface area contributed by atoms with E-state index in [0.29, 0.717) is 5.57 Å². The van der Waals surface area contributed by atoms with E-state index in [1.165, 1.54) is 5.01 Å². The van der Waals surface area contributed by atoms with Crippen molar-refractivity contribution in [2.24, 2.45) is 5.84 Å². The van der Waals surface area contributed by atoms with Crippen LogP contribution in [-0.2, 0) is 4.79 Å². The van der Waals surface area contributed by atoms with Crippen molar-refractivity contribution in [3.05, 3.63) is 12.2 Å². The van der Waals surface area contributed by atoms with Crippen molar-refractivity contribution in [3.63, 3.8) is 0 Å². The minimum absolute atomic E-state index is 0.211. The second kappa shape index (κ2) is 3.05. The third-order valence-electron chi connectivity index (χ3n) is 1.31. The number of carbonyl (C=O) groups is 1. The summed E-state index contributed by atoms with van der Waals surface area (Å²) in [6.07, 6.45) is 0. The zero-order valence-corrected chi connectivity index (χ0v) is 7.64. The number of rotatable bonds is 1. The van der Waals surface area contributed by atoms with Gasteiger partial charge >= 0.3 is 0 Å². The molecular weight excluding hydrogens is 140 g/mol. The van der Waals surface area contributed by atoms with Gasteiger partial charge in [-0.25, -0.2) is 5.84 Å². The fourth-order valence-corrected chi connectivity index (χ4v) is 0.510. The normalized spacial score (nSPS) is 11.0. The van der Waals surface area contributed by atoms with Gasteiger partial charge in [-0.1, -0.05) is 6.58 Å². The molecule has 0 saturated heterocycles. The summed E-state index contributed by atoms with van der Waals surface area (Å²) in [4.78, 5) is 11.2. The van der Waals surface area contributed by atoms with Crippen molar-refractivity contribution in [1.29, 1.82) is 0 Å². The van der Waals surface area contributed by atoms with Crippen LogP contribution in [0.3, 0.4) is 0 Å². The molecule has 0 atom stereocenters. The maximum atomic E-state index is 11.2. The lowest BCUT2D eigenvalue weighted by Gasteiger charge is -2.31. The minimum atomic E-state index is -0.337. The molecule has 0 rings (SSSR count). The Balaban J connectivity index is 4.38. The van der Waals surface area contributed by atoms with Crippen LogP contribution in [-0.4, -0.2) is 16.5 Å². The molecule has 64 valence electrons. The van der Waals surface area contributed by atoms with E-state index >= 15 is 0 Å². The van der Waals surface area contributed by atoms with Gasteiger partial charge in [-0.3, -0.25) is 9.80 Å². The van der Waals surface area contributed by atoms with Gasteiger partial charge in [0, 0.05) is 5.57 Å². The molecule has 0 aromatic rings. The number of hydrogen-bond donors (Lipinski definition) is 1. The van der Waals surface area contributed by atoms with E-state index in [-0.39, 0.29) is 11.4 Å². The van der Waals surface area contributed by atoms with Gasteiger partial charge in [-0.05, 0) is 27.7 Å². The van der Waals surface area contributed by atoms with Gasteiger partial charge < -0.3 is 0 Å². The summed E-state index contributed by atoms with van der Waals surface area (Å²) in [5.41, 5.74) is 0.123. The first-order valence-corrected chi connectivity index (χ1v) is 3.51. The number of hydrazine groups is 1. The second-order valence-electron chi connectivity index (χ2n) is 3.63. The Bertz CT molecular complexity index is 179. The molecule has 0 spiro atoms. The Kier molecular flexibility index (Phi) is 2.82. The van der Waals surface area contributed by atoms with Crippen molar-refractivity contribution in [2.45, 2.75) is 33.2 Å². The predicted octanol–water partition coefficient (Wildman–Crippen LogP) is 1.06. The van der Waals surface area contributed by atoms with Gasteiger partial charge in [0.05, 0.1) is 5.54 Å². The van der Waals surface area contributed by atoms with Gasteiger partial charge in [0.25, 0.3) is 5.91 Å². The summed E-state index contributed by atoms with van der Waals surface area (Å²) in [5, 5.41) is 1.19. The Hall–Kier alpha value is -0.830. The summed E-state index contributed by atoms with van der Waals surface area (Å²) in [6.45, 7) is 10.8. The SMILES string of the molecule is C=C(C)C(=O)N(N)C(C)(C)C. The molecule has 0 aromatic heterocycles. The molecule has 3 heteroatoms. The van der Waals surface area contributed by atoms with Gasteiger partial charge in [0.2, 0.25) is 0 Å². The average molecular weight is 156 g/mol. The van der Waals surface area contributed by atoms with Crippen LogP contribution in [0.1, 0.15) is 27.7 Å². The van der Waals surface area contributed by atoms with Crippen molar-refractivity contribution in [1.82, 2.24) is 5.01 Å². The van der Waals surface area contributed by atoms with Gasteiger partial charge in [0.15, 0.2) is 0 Å². The number of nitrogens with two attached hydrogens (primary N) is 1. The average Bonchev–Trinajstić information content (AvgIpc) is 1.82. The van der Waals surface area contributed by atoms with Crippen LogP contribution < -0.4 is 5.84 Å². The first kappa shape index (κ1) is 10.2. The fraction of sp³-hybridized carbons (Fsp3) is 0.625. The third kappa shape index (κ3) is 2.72. The lowest BCUT2D eigenvalue weighted by Crippen LogP contribution is -2.50. The number of amides is 1. The molecule has 0 saturated carbocycles. The highest BCUT2D eigenvalue weighted by atomic mass is 16.2. The van der Waals surface area contributed by atoms with Crippen LogP contribution in [0.15, 0.2) is 12.2 Å². The lowest BCUT2D eigenvalue weighted by atomic mass is 10.1. The highest BCUT2D eigenvalue weighted by Gasteiger charge is 2.23. The molecule has 1 amide bonds.